The van der Waals surface area contributed by atoms with Gasteiger partial charge in [0.1, 0.15) is 11.5 Å². The number of likely N-dealkylation sites (N-methyl/N-ethyl adjacent to an activating group) is 1. The number of nitrogens with one attached hydrogen (secondary N) is 1. The number of amides is 1. The summed E-state index contributed by atoms with van der Waals surface area (Å²) in [5.41, 5.74) is 2.56. The molecule has 0 bridgehead atoms. The Bertz CT molecular complexity index is 1010. The summed E-state index contributed by atoms with van der Waals surface area (Å²) >= 11 is 6.17. The minimum Gasteiger partial charge on any atom is -0.332 e. The van der Waals surface area contributed by atoms with E-state index < -0.39 is 0 Å². The molecule has 0 radical (unpaired) electrons. The average Bonchev–Trinajstić information content (AvgIpc) is 3.19. The lowest BCUT2D eigenvalue weighted by atomic mass is 10.1. The van der Waals surface area contributed by atoms with E-state index in [0.717, 1.165) is 25.2 Å². The Hall–Kier alpha value is -2.70. The molecule has 0 saturated carbocycles. The number of quaternary nitrogens is 1. The van der Waals surface area contributed by atoms with Gasteiger partial charge in [-0.1, -0.05) is 17.7 Å². The maximum atomic E-state index is 13.3. The number of benzene rings is 2. The molecule has 2 aromatic carbocycles. The molecule has 1 N–H and O–H groups in total. The van der Waals surface area contributed by atoms with Crippen LogP contribution in [0.15, 0.2) is 54.6 Å². The van der Waals surface area contributed by atoms with Gasteiger partial charge in [0, 0.05) is 10.6 Å². The van der Waals surface area contributed by atoms with Gasteiger partial charge in [-0.25, -0.2) is 9.07 Å². The smallest absolute Gasteiger partial charge is 0.273 e. The van der Waals surface area contributed by atoms with Crippen LogP contribution in [0, 0.1) is 5.82 Å². The lowest BCUT2D eigenvalue weighted by Crippen LogP contribution is -3.14. The summed E-state index contributed by atoms with van der Waals surface area (Å²) in [6.07, 6.45) is 0. The van der Waals surface area contributed by atoms with E-state index in [1.165, 1.54) is 17.0 Å². The molecule has 3 aromatic rings. The van der Waals surface area contributed by atoms with E-state index in [-0.39, 0.29) is 11.7 Å². The molecule has 1 amide bonds. The van der Waals surface area contributed by atoms with Gasteiger partial charge in [-0.15, -0.1) is 0 Å². The summed E-state index contributed by atoms with van der Waals surface area (Å²) in [4.78, 5) is 16.7. The van der Waals surface area contributed by atoms with Crippen LogP contribution in [0.5, 0.6) is 0 Å². The summed E-state index contributed by atoms with van der Waals surface area (Å²) in [5.74, 6) is -0.364. The van der Waals surface area contributed by atoms with Crippen LogP contribution in [0.1, 0.15) is 17.4 Å². The van der Waals surface area contributed by atoms with Gasteiger partial charge in [-0.05, 0) is 55.5 Å². The van der Waals surface area contributed by atoms with Gasteiger partial charge < -0.3 is 9.80 Å². The molecular formula is C22H23ClFN4O+. The van der Waals surface area contributed by atoms with Crippen LogP contribution < -0.4 is 4.90 Å². The van der Waals surface area contributed by atoms with E-state index in [1.807, 2.05) is 17.0 Å². The molecule has 1 saturated heterocycles. The predicted octanol–water partition coefficient (Wildman–Crippen LogP) is 2.69. The number of aromatic nitrogens is 2. The zero-order valence-corrected chi connectivity index (χ0v) is 17.0. The van der Waals surface area contributed by atoms with Crippen molar-refractivity contribution in [2.45, 2.75) is 6.92 Å². The molecule has 2 heterocycles. The molecule has 5 nitrogen and oxygen atoms in total. The highest BCUT2D eigenvalue weighted by molar-refractivity contribution is 6.30. The quantitative estimate of drug-likeness (QED) is 0.714. The zero-order chi connectivity index (χ0) is 20.4. The molecule has 1 aliphatic heterocycles. The van der Waals surface area contributed by atoms with Crippen LogP contribution in [0.2, 0.25) is 5.02 Å². The lowest BCUT2D eigenvalue weighted by molar-refractivity contribution is -0.902. The standard InChI is InChI=1S/C22H22ClFN4O/c1-2-26-10-12-27(13-11-26)22(29)21-15-20(16-6-8-18(24)9-7-16)25-28(21)19-5-3-4-17(23)14-19/h3-9,14-15H,2,10-13H2,1H3/p+1. The van der Waals surface area contributed by atoms with Crippen molar-refractivity contribution in [3.63, 3.8) is 0 Å². The predicted molar refractivity (Wildman–Crippen MR) is 111 cm³/mol. The largest absolute Gasteiger partial charge is 0.332 e. The van der Waals surface area contributed by atoms with Crippen molar-refractivity contribution < 1.29 is 14.1 Å². The molecule has 1 fully saturated rings. The fourth-order valence-corrected chi connectivity index (χ4v) is 3.83. The van der Waals surface area contributed by atoms with Crippen molar-refractivity contribution in [1.29, 1.82) is 0 Å². The van der Waals surface area contributed by atoms with E-state index in [4.69, 9.17) is 11.6 Å². The molecule has 0 atom stereocenters. The topological polar surface area (TPSA) is 42.6 Å². The molecule has 0 aliphatic carbocycles. The third kappa shape index (κ3) is 4.18. The van der Waals surface area contributed by atoms with Crippen LogP contribution >= 0.6 is 11.6 Å². The summed E-state index contributed by atoms with van der Waals surface area (Å²) in [6.45, 7) is 6.55. The van der Waals surface area contributed by atoms with E-state index in [9.17, 15) is 9.18 Å². The molecular weight excluding hydrogens is 391 g/mol. The Morgan fingerprint density at radius 2 is 1.86 bits per heavy atom. The third-order valence-corrected chi connectivity index (χ3v) is 5.61. The molecule has 1 aromatic heterocycles. The lowest BCUT2D eigenvalue weighted by Gasteiger charge is -2.31. The average molecular weight is 414 g/mol. The third-order valence-electron chi connectivity index (χ3n) is 5.38. The number of nitrogens with zero attached hydrogens (tertiary/aromatic N) is 3. The highest BCUT2D eigenvalue weighted by Crippen LogP contribution is 2.24. The molecule has 4 rings (SSSR count). The first-order valence-corrected chi connectivity index (χ1v) is 10.2. The summed E-state index contributed by atoms with van der Waals surface area (Å²) in [7, 11) is 0. The monoisotopic (exact) mass is 413 g/mol. The Morgan fingerprint density at radius 1 is 1.14 bits per heavy atom. The van der Waals surface area contributed by atoms with Crippen LogP contribution in [0.4, 0.5) is 4.39 Å². The second kappa shape index (κ2) is 8.35. The highest BCUT2D eigenvalue weighted by atomic mass is 35.5. The number of hydrogen-bond acceptors (Lipinski definition) is 2. The van der Waals surface area contributed by atoms with E-state index in [2.05, 4.69) is 12.0 Å². The van der Waals surface area contributed by atoms with Crippen LogP contribution in [0.3, 0.4) is 0 Å². The number of carbonyl (C=O) groups is 1. The van der Waals surface area contributed by atoms with Gasteiger partial charge in [-0.3, -0.25) is 4.79 Å². The fraction of sp³-hybridized carbons (Fsp3) is 0.273. The first-order valence-electron chi connectivity index (χ1n) is 9.80. The minimum absolute atomic E-state index is 0.0546. The molecule has 150 valence electrons. The van der Waals surface area contributed by atoms with Crippen LogP contribution in [0.25, 0.3) is 16.9 Å². The van der Waals surface area contributed by atoms with Crippen molar-refractivity contribution in [2.24, 2.45) is 0 Å². The van der Waals surface area contributed by atoms with Crippen molar-refractivity contribution in [3.8, 4) is 16.9 Å². The normalized spacial score (nSPS) is 14.9. The maximum absolute atomic E-state index is 13.3. The first kappa shape index (κ1) is 19.6. The Kier molecular flexibility index (Phi) is 5.65. The second-order valence-corrected chi connectivity index (χ2v) is 7.65. The van der Waals surface area contributed by atoms with Crippen molar-refractivity contribution >= 4 is 17.5 Å². The summed E-state index contributed by atoms with van der Waals surface area (Å²) in [6, 6.07) is 15.1. The van der Waals surface area contributed by atoms with Crippen molar-refractivity contribution in [1.82, 2.24) is 14.7 Å². The van der Waals surface area contributed by atoms with Crippen LogP contribution in [-0.4, -0.2) is 53.3 Å². The SMILES string of the molecule is CC[NH+]1CCN(C(=O)c2cc(-c3ccc(F)cc3)nn2-c2cccc(Cl)c2)CC1. The van der Waals surface area contributed by atoms with Gasteiger partial charge in [-0.2, -0.15) is 5.10 Å². The molecule has 1 aliphatic rings. The van der Waals surface area contributed by atoms with Gasteiger partial charge >= 0.3 is 0 Å². The molecule has 0 spiro atoms. The maximum Gasteiger partial charge on any atom is 0.273 e. The Morgan fingerprint density at radius 3 is 2.52 bits per heavy atom. The number of piperazine rings is 1. The van der Waals surface area contributed by atoms with E-state index in [0.29, 0.717) is 35.2 Å². The minimum atomic E-state index is -0.310. The Balaban J connectivity index is 1.73. The highest BCUT2D eigenvalue weighted by Gasteiger charge is 2.27. The van der Waals surface area contributed by atoms with E-state index >= 15 is 0 Å². The number of carbonyl (C=O) groups excluding carboxylic acids is 1. The van der Waals surface area contributed by atoms with Gasteiger partial charge in [0.2, 0.25) is 0 Å². The molecule has 7 heteroatoms. The Labute approximate surface area is 174 Å². The van der Waals surface area contributed by atoms with Crippen molar-refractivity contribution in [3.05, 3.63) is 71.1 Å². The van der Waals surface area contributed by atoms with Gasteiger partial charge in [0.05, 0.1) is 44.1 Å². The zero-order valence-electron chi connectivity index (χ0n) is 16.2. The fourth-order valence-electron chi connectivity index (χ4n) is 3.64. The number of halogens is 2. The number of rotatable bonds is 4. The summed E-state index contributed by atoms with van der Waals surface area (Å²) < 4.78 is 15.0. The molecule has 0 unspecified atom stereocenters. The van der Waals surface area contributed by atoms with Gasteiger partial charge in [0.15, 0.2) is 0 Å². The van der Waals surface area contributed by atoms with Crippen molar-refractivity contribution in [2.75, 3.05) is 32.7 Å². The summed E-state index contributed by atoms with van der Waals surface area (Å²) in [5, 5.41) is 5.22. The van der Waals surface area contributed by atoms with Gasteiger partial charge in [0.25, 0.3) is 5.91 Å². The second-order valence-electron chi connectivity index (χ2n) is 7.21. The van der Waals surface area contributed by atoms with Crippen LogP contribution in [-0.2, 0) is 0 Å². The molecule has 29 heavy (non-hydrogen) atoms. The van der Waals surface area contributed by atoms with E-state index in [1.54, 1.807) is 35.0 Å². The first-order chi connectivity index (χ1) is 14.0. The number of hydrogen-bond donors (Lipinski definition) is 1.